The number of sulfonamides is 1. The maximum absolute atomic E-state index is 13.4. The van der Waals surface area contributed by atoms with Gasteiger partial charge in [-0.2, -0.15) is 4.31 Å². The van der Waals surface area contributed by atoms with Gasteiger partial charge in [0.05, 0.1) is 12.0 Å². The van der Waals surface area contributed by atoms with Crippen LogP contribution in [-0.2, 0) is 14.8 Å². The topological polar surface area (TPSA) is 66.9 Å². The molecule has 154 valence electrons. The van der Waals surface area contributed by atoms with Crippen LogP contribution in [0.5, 0.6) is 5.75 Å². The molecule has 0 N–H and O–H groups in total. The minimum atomic E-state index is -3.67. The molecule has 4 rings (SSSR count). The number of carbonyl (C=O) groups is 1. The molecule has 1 unspecified atom stereocenters. The maximum atomic E-state index is 13.4. The molecule has 29 heavy (non-hydrogen) atoms. The van der Waals surface area contributed by atoms with E-state index in [1.54, 1.807) is 41.3 Å². The van der Waals surface area contributed by atoms with E-state index >= 15 is 0 Å². The van der Waals surface area contributed by atoms with Gasteiger partial charge in [-0.3, -0.25) is 4.79 Å². The van der Waals surface area contributed by atoms with Crippen LogP contribution >= 0.6 is 0 Å². The minimum Gasteiger partial charge on any atom is -0.497 e. The summed E-state index contributed by atoms with van der Waals surface area (Å²) >= 11 is 0. The number of piperidine rings is 1. The quantitative estimate of drug-likeness (QED) is 0.700. The molecule has 2 heterocycles. The predicted molar refractivity (Wildman–Crippen MR) is 106 cm³/mol. The van der Waals surface area contributed by atoms with Crippen LogP contribution in [0.1, 0.15) is 17.9 Å². The van der Waals surface area contributed by atoms with Gasteiger partial charge in [0.2, 0.25) is 16.4 Å². The number of likely N-dealkylation sites (tertiary alicyclic amines) is 1. The Morgan fingerprint density at radius 2 is 1.76 bits per heavy atom. The van der Waals surface area contributed by atoms with Gasteiger partial charge in [0.15, 0.2) is 0 Å². The normalized spacial score (nSPS) is 21.6. The summed E-state index contributed by atoms with van der Waals surface area (Å²) in [5.41, 5.74) is 0.719. The van der Waals surface area contributed by atoms with Gasteiger partial charge in [0, 0.05) is 37.5 Å². The number of nitrogens with zero attached hydrogens (tertiary/aromatic N) is 2. The second-order valence-electron chi connectivity index (χ2n) is 7.77. The maximum Gasteiger partial charge on any atom is 0.243 e. The van der Waals surface area contributed by atoms with Crippen LogP contribution in [0.15, 0.2) is 53.4 Å². The molecule has 2 aliphatic heterocycles. The molecule has 0 aromatic heterocycles. The fourth-order valence-corrected chi connectivity index (χ4v) is 5.95. The Kier molecular flexibility index (Phi) is 5.08. The van der Waals surface area contributed by atoms with Gasteiger partial charge in [-0.05, 0) is 48.4 Å². The Morgan fingerprint density at radius 3 is 2.34 bits per heavy atom. The monoisotopic (exact) mass is 418 g/mol. The van der Waals surface area contributed by atoms with E-state index in [-0.39, 0.29) is 22.0 Å². The first kappa shape index (κ1) is 19.8. The number of rotatable bonds is 5. The van der Waals surface area contributed by atoms with Gasteiger partial charge in [-0.15, -0.1) is 0 Å². The minimum absolute atomic E-state index is 0.110. The number of benzene rings is 2. The standard InChI is InChI=1S/C21H23FN2O4S/c1-28-18-6-8-19(9-7-18)29(26,27)24-11-10-21(13-23(14-21)15-25)20(12-24)16-2-4-17(22)5-3-16/h2-9,15,20H,10-14H2,1H3. The third kappa shape index (κ3) is 3.51. The zero-order valence-corrected chi connectivity index (χ0v) is 16.9. The Bertz CT molecular complexity index is 986. The molecule has 2 aromatic rings. The lowest BCUT2D eigenvalue weighted by Crippen LogP contribution is -2.63. The number of halogens is 1. The Balaban J connectivity index is 1.63. The van der Waals surface area contributed by atoms with Crippen LogP contribution in [0.3, 0.4) is 0 Å². The molecule has 0 radical (unpaired) electrons. The molecule has 2 fully saturated rings. The van der Waals surface area contributed by atoms with Crippen molar-refractivity contribution in [3.05, 3.63) is 59.9 Å². The van der Waals surface area contributed by atoms with E-state index in [0.29, 0.717) is 38.3 Å². The summed E-state index contributed by atoms with van der Waals surface area (Å²) in [5, 5.41) is 0. The van der Waals surface area contributed by atoms with Gasteiger partial charge < -0.3 is 9.64 Å². The zero-order valence-electron chi connectivity index (χ0n) is 16.1. The first-order chi connectivity index (χ1) is 13.9. The highest BCUT2D eigenvalue weighted by atomic mass is 32.2. The first-order valence-corrected chi connectivity index (χ1v) is 10.9. The molecule has 1 atom stereocenters. The first-order valence-electron chi connectivity index (χ1n) is 9.47. The van der Waals surface area contributed by atoms with Crippen LogP contribution in [0, 0.1) is 11.2 Å². The van der Waals surface area contributed by atoms with Gasteiger partial charge in [-0.1, -0.05) is 12.1 Å². The third-order valence-electron chi connectivity index (χ3n) is 6.14. The summed E-state index contributed by atoms with van der Waals surface area (Å²) in [7, 11) is -2.14. The summed E-state index contributed by atoms with van der Waals surface area (Å²) in [5.74, 6) is 0.152. The lowest BCUT2D eigenvalue weighted by Gasteiger charge is -2.57. The molecule has 1 amide bonds. The molecule has 6 nitrogen and oxygen atoms in total. The van der Waals surface area contributed by atoms with E-state index in [0.717, 1.165) is 12.0 Å². The predicted octanol–water partition coefficient (Wildman–Crippen LogP) is 2.47. The average Bonchev–Trinajstić information content (AvgIpc) is 2.72. The largest absolute Gasteiger partial charge is 0.497 e. The Labute approximate surface area is 169 Å². The van der Waals surface area contributed by atoms with Crippen molar-refractivity contribution in [1.29, 1.82) is 0 Å². The van der Waals surface area contributed by atoms with Crippen LogP contribution in [-0.4, -0.2) is 57.3 Å². The number of ether oxygens (including phenoxy) is 1. The van der Waals surface area contributed by atoms with Crippen molar-refractivity contribution < 1.29 is 22.3 Å². The second kappa shape index (κ2) is 7.42. The second-order valence-corrected chi connectivity index (χ2v) is 9.70. The smallest absolute Gasteiger partial charge is 0.243 e. The summed E-state index contributed by atoms with van der Waals surface area (Å²) in [6, 6.07) is 12.6. The van der Waals surface area contributed by atoms with Crippen molar-refractivity contribution in [2.24, 2.45) is 5.41 Å². The SMILES string of the molecule is COc1ccc(S(=O)(=O)N2CCC3(CN(C=O)C3)C(c3ccc(F)cc3)C2)cc1. The van der Waals surface area contributed by atoms with Gasteiger partial charge in [0.1, 0.15) is 11.6 Å². The Hall–Kier alpha value is -2.45. The number of carbonyl (C=O) groups excluding carboxylic acids is 1. The van der Waals surface area contributed by atoms with Crippen molar-refractivity contribution in [3.63, 3.8) is 0 Å². The molecule has 2 aromatic carbocycles. The molecular formula is C21H23FN2O4S. The van der Waals surface area contributed by atoms with E-state index in [2.05, 4.69) is 0 Å². The molecule has 1 spiro atoms. The van der Waals surface area contributed by atoms with Crippen molar-refractivity contribution in [2.45, 2.75) is 17.2 Å². The van der Waals surface area contributed by atoms with Crippen LogP contribution < -0.4 is 4.74 Å². The molecule has 2 saturated heterocycles. The highest BCUT2D eigenvalue weighted by Crippen LogP contribution is 2.49. The van der Waals surface area contributed by atoms with Gasteiger partial charge in [0.25, 0.3) is 0 Å². The number of amides is 1. The Morgan fingerprint density at radius 1 is 1.10 bits per heavy atom. The van der Waals surface area contributed by atoms with Crippen molar-refractivity contribution in [1.82, 2.24) is 9.21 Å². The van der Waals surface area contributed by atoms with Crippen molar-refractivity contribution >= 4 is 16.4 Å². The van der Waals surface area contributed by atoms with Crippen LogP contribution in [0.4, 0.5) is 4.39 Å². The van der Waals surface area contributed by atoms with E-state index in [1.165, 1.54) is 23.5 Å². The van der Waals surface area contributed by atoms with Crippen LogP contribution in [0.25, 0.3) is 0 Å². The summed E-state index contributed by atoms with van der Waals surface area (Å²) in [6.07, 6.45) is 1.47. The van der Waals surface area contributed by atoms with Gasteiger partial charge in [-0.25, -0.2) is 12.8 Å². The fourth-order valence-electron chi connectivity index (χ4n) is 4.49. The lowest BCUT2D eigenvalue weighted by molar-refractivity contribution is -0.133. The molecular weight excluding hydrogens is 395 g/mol. The highest BCUT2D eigenvalue weighted by molar-refractivity contribution is 7.89. The van der Waals surface area contributed by atoms with Crippen molar-refractivity contribution in [3.8, 4) is 5.75 Å². The zero-order chi connectivity index (χ0) is 20.6. The summed E-state index contributed by atoms with van der Waals surface area (Å²) < 4.78 is 46.5. The number of hydrogen-bond donors (Lipinski definition) is 0. The number of methoxy groups -OCH3 is 1. The summed E-state index contributed by atoms with van der Waals surface area (Å²) in [6.45, 7) is 1.87. The average molecular weight is 418 g/mol. The molecule has 0 saturated carbocycles. The lowest BCUT2D eigenvalue weighted by atomic mass is 9.63. The fraction of sp³-hybridized carbons (Fsp3) is 0.381. The van der Waals surface area contributed by atoms with E-state index in [9.17, 15) is 17.6 Å². The summed E-state index contributed by atoms with van der Waals surface area (Å²) in [4.78, 5) is 13.0. The third-order valence-corrected chi connectivity index (χ3v) is 8.02. The molecule has 2 aliphatic rings. The number of hydrogen-bond acceptors (Lipinski definition) is 4. The van der Waals surface area contributed by atoms with E-state index < -0.39 is 10.0 Å². The van der Waals surface area contributed by atoms with E-state index in [4.69, 9.17) is 4.74 Å². The molecule has 0 aliphatic carbocycles. The van der Waals surface area contributed by atoms with Gasteiger partial charge >= 0.3 is 0 Å². The highest BCUT2D eigenvalue weighted by Gasteiger charge is 2.53. The molecule has 8 heteroatoms. The van der Waals surface area contributed by atoms with Crippen molar-refractivity contribution in [2.75, 3.05) is 33.3 Å². The van der Waals surface area contributed by atoms with E-state index in [1.807, 2.05) is 0 Å². The molecule has 0 bridgehead atoms. The van der Waals surface area contributed by atoms with Crippen LogP contribution in [0.2, 0.25) is 0 Å².